The highest BCUT2D eigenvalue weighted by Crippen LogP contribution is 2.36. The molecule has 0 aliphatic carbocycles. The number of benzene rings is 2. The summed E-state index contributed by atoms with van der Waals surface area (Å²) in [6.07, 6.45) is -0.875. The van der Waals surface area contributed by atoms with Crippen LogP contribution in [-0.4, -0.2) is 78.1 Å². The van der Waals surface area contributed by atoms with Gasteiger partial charge in [-0.05, 0) is 17.3 Å². The van der Waals surface area contributed by atoms with Crippen LogP contribution in [0.5, 0.6) is 11.5 Å². The fourth-order valence-corrected chi connectivity index (χ4v) is 5.78. The summed E-state index contributed by atoms with van der Waals surface area (Å²) >= 11 is 2.25. The number of carbonyl (C=O) groups is 4. The Hall–Kier alpha value is -4.83. The SMILES string of the molecule is COc1cc2nc(C(=O)CCC(=O)O)sc2cc1-c1nnn(-c2cc3sc(C(=O)CCC(=O)O)nc3cc2OC)n1. The molecule has 0 radical (unpaired) electrons. The number of thiazole rings is 2. The number of aliphatic carboxylic acids is 2. The lowest BCUT2D eigenvalue weighted by atomic mass is 10.2. The molecule has 0 amide bonds. The summed E-state index contributed by atoms with van der Waals surface area (Å²) in [5.74, 6) is -1.89. The predicted octanol–water partition coefficient (Wildman–Crippen LogP) is 3.66. The molecule has 5 rings (SSSR count). The van der Waals surface area contributed by atoms with Crippen LogP contribution >= 0.6 is 22.7 Å². The summed E-state index contributed by atoms with van der Waals surface area (Å²) in [7, 11) is 2.93. The maximum Gasteiger partial charge on any atom is 0.303 e. The van der Waals surface area contributed by atoms with Gasteiger partial charge in [-0.15, -0.1) is 37.7 Å². The van der Waals surface area contributed by atoms with E-state index in [0.717, 1.165) is 22.7 Å². The number of fused-ring (bicyclic) bond motifs is 2. The number of ketones is 2. The lowest BCUT2D eigenvalue weighted by molar-refractivity contribution is -0.137. The van der Waals surface area contributed by atoms with Crippen molar-refractivity contribution in [2.24, 2.45) is 0 Å². The van der Waals surface area contributed by atoms with Crippen LogP contribution in [0.4, 0.5) is 0 Å². The molecule has 16 heteroatoms. The number of Topliss-reactive ketones (excluding diaryl/α,β-unsaturated/α-hetero) is 2. The molecule has 0 fully saturated rings. The highest BCUT2D eigenvalue weighted by molar-refractivity contribution is 7.20. The first kappa shape index (κ1) is 27.7. The van der Waals surface area contributed by atoms with Gasteiger partial charge in [-0.3, -0.25) is 19.2 Å². The second-order valence-corrected chi connectivity index (χ2v) is 10.6. The van der Waals surface area contributed by atoms with Crippen molar-refractivity contribution in [2.75, 3.05) is 14.2 Å². The molecule has 41 heavy (non-hydrogen) atoms. The molecular formula is C25H20N6O8S2. The lowest BCUT2D eigenvalue weighted by Crippen LogP contribution is -2.03. The summed E-state index contributed by atoms with van der Waals surface area (Å²) in [6.45, 7) is 0. The number of hydrogen-bond acceptors (Lipinski definition) is 13. The van der Waals surface area contributed by atoms with Crippen molar-refractivity contribution in [1.82, 2.24) is 30.2 Å². The molecule has 2 aromatic carbocycles. The van der Waals surface area contributed by atoms with E-state index >= 15 is 0 Å². The number of carboxylic acids is 2. The number of nitrogens with zero attached hydrogens (tertiary/aromatic N) is 6. The maximum absolute atomic E-state index is 12.4. The number of methoxy groups -OCH3 is 2. The topological polar surface area (TPSA) is 197 Å². The number of aromatic nitrogens is 6. The summed E-state index contributed by atoms with van der Waals surface area (Å²) in [4.78, 5) is 56.4. The second-order valence-electron chi connectivity index (χ2n) is 8.59. The van der Waals surface area contributed by atoms with Crippen LogP contribution < -0.4 is 9.47 Å². The van der Waals surface area contributed by atoms with Crippen LogP contribution in [0.3, 0.4) is 0 Å². The predicted molar refractivity (Wildman–Crippen MR) is 146 cm³/mol. The third-order valence-corrected chi connectivity index (χ3v) is 8.00. The Morgan fingerprint density at radius 3 is 1.85 bits per heavy atom. The number of carbonyl (C=O) groups excluding carboxylic acids is 2. The van der Waals surface area contributed by atoms with E-state index in [1.807, 2.05) is 0 Å². The number of ether oxygens (including phenoxy) is 2. The Morgan fingerprint density at radius 2 is 1.32 bits per heavy atom. The Kier molecular flexibility index (Phi) is 7.67. The fraction of sp³-hybridized carbons (Fsp3) is 0.240. The first-order valence-corrected chi connectivity index (χ1v) is 13.6. The van der Waals surface area contributed by atoms with Crippen molar-refractivity contribution in [3.05, 3.63) is 34.3 Å². The number of tetrazole rings is 1. The summed E-state index contributed by atoms with van der Waals surface area (Å²) in [5, 5.41) is 30.9. The normalized spacial score (nSPS) is 11.2. The molecule has 0 bridgehead atoms. The molecule has 2 N–H and O–H groups in total. The molecule has 14 nitrogen and oxygen atoms in total. The summed E-state index contributed by atoms with van der Waals surface area (Å²) in [5.41, 5.74) is 1.92. The number of rotatable bonds is 12. The van der Waals surface area contributed by atoms with Gasteiger partial charge in [0.15, 0.2) is 21.6 Å². The van der Waals surface area contributed by atoms with Crippen molar-refractivity contribution in [3.63, 3.8) is 0 Å². The monoisotopic (exact) mass is 596 g/mol. The zero-order valence-corrected chi connectivity index (χ0v) is 23.1. The minimum absolute atomic E-state index is 0.154. The van der Waals surface area contributed by atoms with Crippen molar-refractivity contribution in [2.45, 2.75) is 25.7 Å². The Labute approximate surface area is 238 Å². The molecule has 0 saturated heterocycles. The Morgan fingerprint density at radius 1 is 0.780 bits per heavy atom. The molecular weight excluding hydrogens is 576 g/mol. The average Bonchev–Trinajstić information content (AvgIpc) is 3.70. The van der Waals surface area contributed by atoms with E-state index < -0.39 is 11.9 Å². The Bertz CT molecular complexity index is 1710. The van der Waals surface area contributed by atoms with Gasteiger partial charge >= 0.3 is 11.9 Å². The van der Waals surface area contributed by atoms with Gasteiger partial charge in [0.05, 0.1) is 53.1 Å². The molecule has 3 heterocycles. The van der Waals surface area contributed by atoms with E-state index in [9.17, 15) is 19.2 Å². The quantitative estimate of drug-likeness (QED) is 0.198. The molecule has 0 atom stereocenters. The van der Waals surface area contributed by atoms with Crippen LogP contribution in [0.25, 0.3) is 37.5 Å². The minimum atomic E-state index is -1.06. The highest BCUT2D eigenvalue weighted by Gasteiger charge is 2.21. The lowest BCUT2D eigenvalue weighted by Gasteiger charge is -2.07. The van der Waals surface area contributed by atoms with Crippen LogP contribution in [-0.2, 0) is 9.59 Å². The third kappa shape index (κ3) is 5.73. The molecule has 210 valence electrons. The van der Waals surface area contributed by atoms with Gasteiger partial charge in [-0.25, -0.2) is 9.97 Å². The van der Waals surface area contributed by atoms with Gasteiger partial charge in [0, 0.05) is 25.0 Å². The van der Waals surface area contributed by atoms with E-state index in [4.69, 9.17) is 19.7 Å². The van der Waals surface area contributed by atoms with Gasteiger partial charge < -0.3 is 19.7 Å². The maximum atomic E-state index is 12.4. The third-order valence-electron chi connectivity index (χ3n) is 5.88. The first-order chi connectivity index (χ1) is 19.7. The average molecular weight is 597 g/mol. The second kappa shape index (κ2) is 11.3. The van der Waals surface area contributed by atoms with Crippen molar-refractivity contribution in [3.8, 4) is 28.6 Å². The van der Waals surface area contributed by atoms with E-state index in [1.54, 1.807) is 24.3 Å². The van der Waals surface area contributed by atoms with Gasteiger partial charge in [-0.1, -0.05) is 0 Å². The van der Waals surface area contributed by atoms with Gasteiger partial charge in [0.2, 0.25) is 5.82 Å². The van der Waals surface area contributed by atoms with Crippen LogP contribution in [0.15, 0.2) is 24.3 Å². The smallest absolute Gasteiger partial charge is 0.303 e. The van der Waals surface area contributed by atoms with Gasteiger partial charge in [0.25, 0.3) is 0 Å². The first-order valence-electron chi connectivity index (χ1n) is 11.9. The van der Waals surface area contributed by atoms with E-state index in [-0.39, 0.29) is 53.1 Å². The van der Waals surface area contributed by atoms with Crippen LogP contribution in [0, 0.1) is 0 Å². The molecule has 0 aliphatic rings. The highest BCUT2D eigenvalue weighted by atomic mass is 32.1. The van der Waals surface area contributed by atoms with E-state index in [1.165, 1.54) is 19.0 Å². The van der Waals surface area contributed by atoms with E-state index in [2.05, 4.69) is 25.4 Å². The van der Waals surface area contributed by atoms with Crippen LogP contribution in [0.1, 0.15) is 45.3 Å². The molecule has 0 unspecified atom stereocenters. The van der Waals surface area contributed by atoms with Gasteiger partial charge in [-0.2, -0.15) is 0 Å². The fourth-order valence-electron chi connectivity index (χ4n) is 3.88. The summed E-state index contributed by atoms with van der Waals surface area (Å²) < 4.78 is 12.3. The zero-order valence-electron chi connectivity index (χ0n) is 21.5. The van der Waals surface area contributed by atoms with Crippen LogP contribution in [0.2, 0.25) is 0 Å². The molecule has 5 aromatic rings. The largest absolute Gasteiger partial charge is 0.496 e. The molecule has 0 aliphatic heterocycles. The zero-order chi connectivity index (χ0) is 29.3. The Balaban J connectivity index is 1.48. The number of hydrogen-bond donors (Lipinski definition) is 2. The molecule has 0 spiro atoms. The van der Waals surface area contributed by atoms with E-state index in [0.29, 0.717) is 43.2 Å². The minimum Gasteiger partial charge on any atom is -0.496 e. The van der Waals surface area contributed by atoms with Crippen molar-refractivity contribution >= 4 is 66.6 Å². The standard InChI is InChI=1S/C25H20N6O8S2/c1-38-17-8-12-19(40-24(26-12)15(32)3-5-21(34)35)7-11(17)23-28-30-31(29-23)14-10-20-13(9-18(14)39-2)27-25(41-20)16(33)4-6-22(36)37/h7-10H,3-6H2,1-2H3,(H,34,35)(H,36,37). The van der Waals surface area contributed by atoms with Crippen molar-refractivity contribution in [1.29, 1.82) is 0 Å². The summed E-state index contributed by atoms with van der Waals surface area (Å²) in [6, 6.07) is 6.69. The van der Waals surface area contributed by atoms with Crippen molar-refractivity contribution < 1.29 is 38.9 Å². The number of carboxylic acid groups (broad SMARTS) is 2. The molecule has 0 saturated carbocycles. The molecule has 3 aromatic heterocycles. The van der Waals surface area contributed by atoms with Gasteiger partial charge in [0.1, 0.15) is 17.2 Å².